The fourth-order valence-electron chi connectivity index (χ4n) is 2.21. The molecule has 0 saturated heterocycles. The molecule has 20 heavy (non-hydrogen) atoms. The van der Waals surface area contributed by atoms with Gasteiger partial charge in [0, 0.05) is 5.69 Å². The van der Waals surface area contributed by atoms with E-state index in [0.29, 0.717) is 5.69 Å². The normalized spacial score (nSPS) is 20.6. The van der Waals surface area contributed by atoms with Crippen molar-refractivity contribution in [1.29, 1.82) is 0 Å². The van der Waals surface area contributed by atoms with Crippen LogP contribution >= 0.6 is 0 Å². The van der Waals surface area contributed by atoms with Crippen molar-refractivity contribution in [2.75, 3.05) is 5.32 Å². The lowest BCUT2D eigenvalue weighted by atomic mass is 10.0. The highest BCUT2D eigenvalue weighted by Crippen LogP contribution is 2.15. The maximum absolute atomic E-state index is 11.8. The fourth-order valence-corrected chi connectivity index (χ4v) is 2.21. The minimum absolute atomic E-state index is 0.00239. The molecule has 1 aromatic carbocycles. The number of hydrogen-bond donors (Lipinski definition) is 2. The first-order valence-electron chi connectivity index (χ1n) is 7.12. The molecule has 2 rings (SSSR count). The molecule has 0 spiro atoms. The third-order valence-electron chi connectivity index (χ3n) is 3.35. The van der Waals surface area contributed by atoms with E-state index in [0.717, 1.165) is 24.8 Å². The third kappa shape index (κ3) is 4.70. The van der Waals surface area contributed by atoms with Gasteiger partial charge in [0.15, 0.2) is 0 Å². The van der Waals surface area contributed by atoms with Gasteiger partial charge >= 0.3 is 6.09 Å². The zero-order chi connectivity index (χ0) is 14.2. The van der Waals surface area contributed by atoms with Crippen LogP contribution in [0.5, 0.6) is 0 Å². The van der Waals surface area contributed by atoms with Gasteiger partial charge in [-0.2, -0.15) is 0 Å². The number of aliphatic hydroxyl groups is 1. The number of carbonyl (C=O) groups is 1. The second kappa shape index (κ2) is 7.70. The monoisotopic (exact) mass is 275 g/mol. The second-order valence-corrected chi connectivity index (χ2v) is 4.99. The molecule has 1 amide bonds. The number of carbonyl (C=O) groups excluding carboxylic acids is 1. The second-order valence-electron chi connectivity index (χ2n) is 4.99. The van der Waals surface area contributed by atoms with E-state index in [1.165, 1.54) is 12.8 Å². The SMILES string of the molecule is O=C(Nc1ccc(CO)cc1)OC1/C=C\CCCCC1. The highest BCUT2D eigenvalue weighted by atomic mass is 16.6. The molecule has 1 atom stereocenters. The van der Waals surface area contributed by atoms with Crippen LogP contribution in [0.1, 0.15) is 37.7 Å². The summed E-state index contributed by atoms with van der Waals surface area (Å²) >= 11 is 0. The lowest BCUT2D eigenvalue weighted by Crippen LogP contribution is -2.21. The smallest absolute Gasteiger partial charge is 0.412 e. The molecule has 1 unspecified atom stereocenters. The van der Waals surface area contributed by atoms with E-state index in [-0.39, 0.29) is 12.7 Å². The third-order valence-corrected chi connectivity index (χ3v) is 3.35. The number of benzene rings is 1. The Morgan fingerprint density at radius 2 is 2.05 bits per heavy atom. The molecule has 4 heteroatoms. The minimum Gasteiger partial charge on any atom is -0.442 e. The molecule has 0 bridgehead atoms. The highest BCUT2D eigenvalue weighted by Gasteiger charge is 2.12. The number of ether oxygens (including phenoxy) is 1. The Bertz CT molecular complexity index is 453. The first-order valence-corrected chi connectivity index (χ1v) is 7.12. The van der Waals surface area contributed by atoms with Gasteiger partial charge in [-0.05, 0) is 49.5 Å². The molecule has 2 N–H and O–H groups in total. The van der Waals surface area contributed by atoms with E-state index in [2.05, 4.69) is 11.4 Å². The molecule has 1 aromatic rings. The van der Waals surface area contributed by atoms with Gasteiger partial charge in [-0.15, -0.1) is 0 Å². The Morgan fingerprint density at radius 1 is 1.25 bits per heavy atom. The molecular weight excluding hydrogens is 254 g/mol. The zero-order valence-corrected chi connectivity index (χ0v) is 11.5. The molecular formula is C16H21NO3. The van der Waals surface area contributed by atoms with Crippen LogP contribution in [-0.4, -0.2) is 17.3 Å². The maximum Gasteiger partial charge on any atom is 0.412 e. The van der Waals surface area contributed by atoms with Gasteiger partial charge in [-0.3, -0.25) is 5.32 Å². The van der Waals surface area contributed by atoms with Crippen LogP contribution in [0.2, 0.25) is 0 Å². The Hall–Kier alpha value is -1.81. The first kappa shape index (κ1) is 14.6. The van der Waals surface area contributed by atoms with E-state index in [1.807, 2.05) is 6.08 Å². The number of amides is 1. The Balaban J connectivity index is 1.85. The summed E-state index contributed by atoms with van der Waals surface area (Å²) < 4.78 is 5.40. The topological polar surface area (TPSA) is 58.6 Å². The summed E-state index contributed by atoms with van der Waals surface area (Å²) in [7, 11) is 0. The number of allylic oxidation sites excluding steroid dienone is 1. The van der Waals surface area contributed by atoms with Crippen molar-refractivity contribution < 1.29 is 14.6 Å². The summed E-state index contributed by atoms with van der Waals surface area (Å²) in [6.07, 6.45) is 8.94. The Labute approximate surface area is 119 Å². The van der Waals surface area contributed by atoms with Gasteiger partial charge in [0.2, 0.25) is 0 Å². The van der Waals surface area contributed by atoms with Gasteiger partial charge in [0.25, 0.3) is 0 Å². The van der Waals surface area contributed by atoms with Crippen molar-refractivity contribution in [3.63, 3.8) is 0 Å². The van der Waals surface area contributed by atoms with E-state index in [1.54, 1.807) is 24.3 Å². The summed E-state index contributed by atoms with van der Waals surface area (Å²) in [6.45, 7) is -0.00239. The summed E-state index contributed by atoms with van der Waals surface area (Å²) in [6, 6.07) is 7.04. The summed E-state index contributed by atoms with van der Waals surface area (Å²) in [4.78, 5) is 11.8. The number of anilines is 1. The molecule has 1 aliphatic carbocycles. The predicted octanol–water partition coefficient (Wildman–Crippen LogP) is 3.62. The molecule has 4 nitrogen and oxygen atoms in total. The van der Waals surface area contributed by atoms with Gasteiger partial charge in [-0.25, -0.2) is 4.79 Å². The highest BCUT2D eigenvalue weighted by molar-refractivity contribution is 5.84. The van der Waals surface area contributed by atoms with Crippen molar-refractivity contribution in [3.8, 4) is 0 Å². The van der Waals surface area contributed by atoms with E-state index >= 15 is 0 Å². The lowest BCUT2D eigenvalue weighted by Gasteiger charge is -2.16. The van der Waals surface area contributed by atoms with E-state index in [9.17, 15) is 4.79 Å². The van der Waals surface area contributed by atoms with Crippen molar-refractivity contribution in [2.45, 2.75) is 44.8 Å². The van der Waals surface area contributed by atoms with Crippen LogP contribution in [0.3, 0.4) is 0 Å². The van der Waals surface area contributed by atoms with Gasteiger partial charge in [-0.1, -0.05) is 24.6 Å². The molecule has 0 aromatic heterocycles. The molecule has 0 heterocycles. The van der Waals surface area contributed by atoms with Crippen molar-refractivity contribution in [3.05, 3.63) is 42.0 Å². The largest absolute Gasteiger partial charge is 0.442 e. The number of nitrogens with one attached hydrogen (secondary N) is 1. The van der Waals surface area contributed by atoms with Crippen molar-refractivity contribution in [2.24, 2.45) is 0 Å². The predicted molar refractivity (Wildman–Crippen MR) is 78.5 cm³/mol. The van der Waals surface area contributed by atoms with Crippen LogP contribution in [-0.2, 0) is 11.3 Å². The lowest BCUT2D eigenvalue weighted by molar-refractivity contribution is 0.127. The number of rotatable bonds is 3. The molecule has 0 saturated carbocycles. The summed E-state index contributed by atoms with van der Waals surface area (Å²) in [5.74, 6) is 0. The number of aliphatic hydroxyl groups excluding tert-OH is 1. The quantitative estimate of drug-likeness (QED) is 0.828. The molecule has 0 fully saturated rings. The average molecular weight is 275 g/mol. The van der Waals surface area contributed by atoms with Gasteiger partial charge < -0.3 is 9.84 Å². The summed E-state index contributed by atoms with van der Waals surface area (Å²) in [5.41, 5.74) is 1.48. The van der Waals surface area contributed by atoms with Crippen molar-refractivity contribution in [1.82, 2.24) is 0 Å². The molecule has 0 radical (unpaired) electrons. The fraction of sp³-hybridized carbons (Fsp3) is 0.438. The van der Waals surface area contributed by atoms with Crippen LogP contribution in [0.25, 0.3) is 0 Å². The first-order chi connectivity index (χ1) is 9.78. The van der Waals surface area contributed by atoms with Crippen LogP contribution in [0, 0.1) is 0 Å². The number of hydrogen-bond acceptors (Lipinski definition) is 3. The molecule has 108 valence electrons. The van der Waals surface area contributed by atoms with Crippen molar-refractivity contribution >= 4 is 11.8 Å². The molecule has 1 aliphatic rings. The van der Waals surface area contributed by atoms with Crippen LogP contribution in [0.15, 0.2) is 36.4 Å². The van der Waals surface area contributed by atoms with Gasteiger partial charge in [0.05, 0.1) is 6.61 Å². The zero-order valence-electron chi connectivity index (χ0n) is 11.5. The van der Waals surface area contributed by atoms with Gasteiger partial charge in [0.1, 0.15) is 6.10 Å². The van der Waals surface area contributed by atoms with Crippen LogP contribution < -0.4 is 5.32 Å². The maximum atomic E-state index is 11.8. The van der Waals surface area contributed by atoms with E-state index < -0.39 is 6.09 Å². The Morgan fingerprint density at radius 3 is 2.80 bits per heavy atom. The molecule has 0 aliphatic heterocycles. The average Bonchev–Trinajstić information content (AvgIpc) is 2.42. The Kier molecular flexibility index (Phi) is 5.62. The standard InChI is InChI=1S/C16H21NO3/c18-12-13-8-10-14(11-9-13)17-16(19)20-15-6-4-2-1-3-5-7-15/h4,6,8-11,15,18H,1-3,5,7,12H2,(H,17,19)/b6-4-. The summed E-state index contributed by atoms with van der Waals surface area (Å²) in [5, 5.41) is 11.7. The van der Waals surface area contributed by atoms with Crippen LogP contribution in [0.4, 0.5) is 10.5 Å². The minimum atomic E-state index is -0.433. The van der Waals surface area contributed by atoms with E-state index in [4.69, 9.17) is 9.84 Å².